The zero-order valence-electron chi connectivity index (χ0n) is 13.0. The molecular formula is C17H27NO. The Morgan fingerprint density at radius 2 is 1.63 bits per heavy atom. The summed E-state index contributed by atoms with van der Waals surface area (Å²) in [7, 11) is 0. The average molecular weight is 261 g/mol. The van der Waals surface area contributed by atoms with Gasteiger partial charge < -0.3 is 5.73 Å². The van der Waals surface area contributed by atoms with E-state index in [1.54, 1.807) is 0 Å². The van der Waals surface area contributed by atoms with Crippen molar-refractivity contribution in [1.29, 1.82) is 0 Å². The van der Waals surface area contributed by atoms with E-state index in [9.17, 15) is 4.79 Å². The number of ketones is 1. The number of Topliss-reactive ketones (excluding diaryl/α,β-unsaturated/α-hetero) is 1. The molecular weight excluding hydrogens is 234 g/mol. The van der Waals surface area contributed by atoms with E-state index < -0.39 is 0 Å². The van der Waals surface area contributed by atoms with Gasteiger partial charge in [0.05, 0.1) is 0 Å². The highest BCUT2D eigenvalue weighted by molar-refractivity contribution is 5.97. The van der Waals surface area contributed by atoms with Gasteiger partial charge in [0.2, 0.25) is 0 Å². The van der Waals surface area contributed by atoms with E-state index >= 15 is 0 Å². The van der Waals surface area contributed by atoms with Gasteiger partial charge in [0.25, 0.3) is 0 Å². The molecule has 1 aromatic carbocycles. The van der Waals surface area contributed by atoms with Crippen molar-refractivity contribution in [2.45, 2.75) is 53.9 Å². The minimum absolute atomic E-state index is 0.151. The molecule has 0 saturated carbocycles. The third-order valence-electron chi connectivity index (χ3n) is 3.99. The molecule has 0 amide bonds. The van der Waals surface area contributed by atoms with Crippen molar-refractivity contribution in [3.63, 3.8) is 0 Å². The molecule has 2 heteroatoms. The van der Waals surface area contributed by atoms with Gasteiger partial charge in [-0.05, 0) is 68.3 Å². The molecule has 0 radical (unpaired) electrons. The van der Waals surface area contributed by atoms with Crippen LogP contribution in [0, 0.1) is 26.2 Å². The molecule has 2 N–H and O–H groups in total. The number of benzene rings is 1. The fourth-order valence-corrected chi connectivity index (χ4v) is 2.36. The Bertz CT molecular complexity index is 461. The minimum atomic E-state index is 0.151. The van der Waals surface area contributed by atoms with Crippen LogP contribution in [0.25, 0.3) is 0 Å². The number of carbonyl (C=O) groups is 1. The molecule has 106 valence electrons. The normalized spacial score (nSPS) is 11.7. The van der Waals surface area contributed by atoms with Crippen molar-refractivity contribution in [3.8, 4) is 0 Å². The fraction of sp³-hybridized carbons (Fsp3) is 0.588. The van der Waals surface area contributed by atoms with Gasteiger partial charge in [0, 0.05) is 12.0 Å². The van der Waals surface area contributed by atoms with E-state index in [2.05, 4.69) is 33.8 Å². The summed E-state index contributed by atoms with van der Waals surface area (Å²) in [6, 6.07) is 4.14. The molecule has 0 aromatic heterocycles. The number of hydrogen-bond acceptors (Lipinski definition) is 2. The molecule has 0 saturated heterocycles. The summed E-state index contributed by atoms with van der Waals surface area (Å²) >= 11 is 0. The second kappa shape index (κ2) is 6.33. The Morgan fingerprint density at radius 1 is 1.05 bits per heavy atom. The topological polar surface area (TPSA) is 43.1 Å². The fourth-order valence-electron chi connectivity index (χ4n) is 2.36. The van der Waals surface area contributed by atoms with Crippen LogP contribution in [0.1, 0.15) is 60.2 Å². The molecule has 0 unspecified atom stereocenters. The summed E-state index contributed by atoms with van der Waals surface area (Å²) in [5.74, 6) is 0.255. The molecule has 1 aromatic rings. The van der Waals surface area contributed by atoms with Gasteiger partial charge in [-0.1, -0.05) is 19.9 Å². The number of nitrogens with two attached hydrogens (primary N) is 1. The van der Waals surface area contributed by atoms with Crippen LogP contribution >= 0.6 is 0 Å². The first kappa shape index (κ1) is 15.9. The maximum absolute atomic E-state index is 12.3. The summed E-state index contributed by atoms with van der Waals surface area (Å²) in [4.78, 5) is 12.3. The minimum Gasteiger partial charge on any atom is -0.330 e. The van der Waals surface area contributed by atoms with Crippen LogP contribution in [-0.2, 0) is 0 Å². The summed E-state index contributed by atoms with van der Waals surface area (Å²) in [5, 5.41) is 0. The van der Waals surface area contributed by atoms with Gasteiger partial charge in [0.15, 0.2) is 5.78 Å². The van der Waals surface area contributed by atoms with E-state index in [-0.39, 0.29) is 11.2 Å². The first-order chi connectivity index (χ1) is 8.76. The van der Waals surface area contributed by atoms with Crippen LogP contribution in [0.3, 0.4) is 0 Å². The van der Waals surface area contributed by atoms with Crippen LogP contribution in [-0.4, -0.2) is 12.3 Å². The third kappa shape index (κ3) is 4.46. The van der Waals surface area contributed by atoms with Gasteiger partial charge >= 0.3 is 0 Å². The molecule has 0 atom stereocenters. The molecule has 0 aliphatic carbocycles. The number of carbonyl (C=O) groups excluding carboxylic acids is 1. The Labute approximate surface area is 117 Å². The molecule has 0 aliphatic heterocycles. The van der Waals surface area contributed by atoms with Gasteiger partial charge in [0.1, 0.15) is 0 Å². The van der Waals surface area contributed by atoms with E-state index in [1.165, 1.54) is 11.1 Å². The van der Waals surface area contributed by atoms with Gasteiger partial charge in [-0.15, -0.1) is 0 Å². The highest BCUT2D eigenvalue weighted by Crippen LogP contribution is 2.27. The molecule has 1 rings (SSSR count). The molecule has 2 nitrogen and oxygen atoms in total. The lowest BCUT2D eigenvalue weighted by Crippen LogP contribution is -2.18. The van der Waals surface area contributed by atoms with Crippen molar-refractivity contribution in [2.24, 2.45) is 11.1 Å². The maximum atomic E-state index is 12.3. The van der Waals surface area contributed by atoms with Crippen LogP contribution in [0.2, 0.25) is 0 Å². The van der Waals surface area contributed by atoms with Crippen molar-refractivity contribution in [1.82, 2.24) is 0 Å². The second-order valence-electron chi connectivity index (χ2n) is 6.38. The second-order valence-corrected chi connectivity index (χ2v) is 6.38. The van der Waals surface area contributed by atoms with Gasteiger partial charge in [-0.3, -0.25) is 4.79 Å². The predicted octanol–water partition coefficient (Wildman–Crippen LogP) is 3.95. The Morgan fingerprint density at radius 3 is 2.21 bits per heavy atom. The van der Waals surface area contributed by atoms with Gasteiger partial charge in [-0.25, -0.2) is 0 Å². The van der Waals surface area contributed by atoms with Crippen LogP contribution in [0.15, 0.2) is 12.1 Å². The summed E-state index contributed by atoms with van der Waals surface area (Å²) < 4.78 is 0. The van der Waals surface area contributed by atoms with Crippen LogP contribution in [0.4, 0.5) is 0 Å². The van der Waals surface area contributed by atoms with Gasteiger partial charge in [-0.2, -0.15) is 0 Å². The van der Waals surface area contributed by atoms with E-state index in [0.29, 0.717) is 13.0 Å². The number of hydrogen-bond donors (Lipinski definition) is 1. The number of aryl methyl sites for hydroxylation is 3. The molecule has 0 aliphatic rings. The lowest BCUT2D eigenvalue weighted by molar-refractivity contribution is 0.0961. The largest absolute Gasteiger partial charge is 0.330 e. The maximum Gasteiger partial charge on any atom is 0.163 e. The lowest BCUT2D eigenvalue weighted by atomic mass is 9.82. The predicted molar refractivity (Wildman–Crippen MR) is 81.7 cm³/mol. The summed E-state index contributed by atoms with van der Waals surface area (Å²) in [6.07, 6.45) is 2.47. The lowest BCUT2D eigenvalue weighted by Gasteiger charge is -2.23. The molecule has 0 spiro atoms. The zero-order chi connectivity index (χ0) is 14.6. The molecule has 0 heterocycles. The average Bonchev–Trinajstić information content (AvgIpc) is 2.31. The van der Waals surface area contributed by atoms with Crippen LogP contribution in [0.5, 0.6) is 0 Å². The Balaban J connectivity index is 2.77. The summed E-state index contributed by atoms with van der Waals surface area (Å²) in [5.41, 5.74) is 10.2. The quantitative estimate of drug-likeness (QED) is 0.788. The van der Waals surface area contributed by atoms with E-state index in [0.717, 1.165) is 24.0 Å². The summed E-state index contributed by atoms with van der Waals surface area (Å²) in [6.45, 7) is 11.2. The standard InChI is InChI=1S/C17H27NO/c1-12-10-14(3)15(11-13(12)2)16(19)6-7-17(4,5)8-9-18/h10-11H,6-9,18H2,1-5H3. The zero-order valence-corrected chi connectivity index (χ0v) is 13.0. The number of rotatable bonds is 6. The SMILES string of the molecule is Cc1cc(C)c(C(=O)CCC(C)(C)CCN)cc1C. The first-order valence-electron chi connectivity index (χ1n) is 7.08. The third-order valence-corrected chi connectivity index (χ3v) is 3.99. The highest BCUT2D eigenvalue weighted by Gasteiger charge is 2.19. The first-order valence-corrected chi connectivity index (χ1v) is 7.08. The van der Waals surface area contributed by atoms with E-state index in [1.807, 2.05) is 13.0 Å². The van der Waals surface area contributed by atoms with E-state index in [4.69, 9.17) is 5.73 Å². The van der Waals surface area contributed by atoms with Crippen molar-refractivity contribution >= 4 is 5.78 Å². The van der Waals surface area contributed by atoms with Crippen LogP contribution < -0.4 is 5.73 Å². The molecule has 19 heavy (non-hydrogen) atoms. The van der Waals surface area contributed by atoms with Crippen molar-refractivity contribution < 1.29 is 4.79 Å². The highest BCUT2D eigenvalue weighted by atomic mass is 16.1. The monoisotopic (exact) mass is 261 g/mol. The van der Waals surface area contributed by atoms with Crippen molar-refractivity contribution in [3.05, 3.63) is 34.4 Å². The molecule has 0 bridgehead atoms. The smallest absolute Gasteiger partial charge is 0.163 e. The Kier molecular flexibility index (Phi) is 5.30. The Hall–Kier alpha value is -1.15. The molecule has 0 fully saturated rings. The van der Waals surface area contributed by atoms with Crippen molar-refractivity contribution in [2.75, 3.05) is 6.54 Å².